The largest absolute Gasteiger partial charge is 0.416 e. The fourth-order valence-corrected chi connectivity index (χ4v) is 4.43. The molecule has 3 atom stereocenters. The van der Waals surface area contributed by atoms with Crippen molar-refractivity contribution >= 4 is 17.5 Å². The Bertz CT molecular complexity index is 1180. The van der Waals surface area contributed by atoms with Crippen LogP contribution in [0, 0.1) is 5.92 Å². The van der Waals surface area contributed by atoms with Crippen LogP contribution in [-0.2, 0) is 27.1 Å². The number of fused-ring (bicyclic) bond motifs is 1. The van der Waals surface area contributed by atoms with Gasteiger partial charge >= 0.3 is 6.18 Å². The number of hydrogen-bond acceptors (Lipinski definition) is 4. The van der Waals surface area contributed by atoms with Gasteiger partial charge in [0.25, 0.3) is 5.91 Å². The summed E-state index contributed by atoms with van der Waals surface area (Å²) in [5, 5.41) is 1.39. The van der Waals surface area contributed by atoms with Crippen molar-refractivity contribution in [3.63, 3.8) is 0 Å². The van der Waals surface area contributed by atoms with Crippen molar-refractivity contribution in [1.82, 2.24) is 4.90 Å². The second-order valence-electron chi connectivity index (χ2n) is 8.03. The van der Waals surface area contributed by atoms with Gasteiger partial charge in [-0.25, -0.2) is 5.06 Å². The van der Waals surface area contributed by atoms with E-state index in [1.807, 2.05) is 6.07 Å². The van der Waals surface area contributed by atoms with Crippen molar-refractivity contribution in [3.05, 3.63) is 102 Å². The average Bonchev–Trinajstić information content (AvgIpc) is 3.32. The molecule has 2 amide bonds. The predicted octanol–water partition coefficient (Wildman–Crippen LogP) is 4.75. The van der Waals surface area contributed by atoms with Crippen LogP contribution in [0.15, 0.2) is 84.9 Å². The summed E-state index contributed by atoms with van der Waals surface area (Å²) in [7, 11) is 0. The maximum Gasteiger partial charge on any atom is 0.416 e. The first kappa shape index (κ1) is 21.2. The highest BCUT2D eigenvalue weighted by atomic mass is 19.4. The molecular weight excluding hydrogens is 433 g/mol. The lowest BCUT2D eigenvalue weighted by Gasteiger charge is -2.29. The highest BCUT2D eigenvalue weighted by Crippen LogP contribution is 2.47. The molecule has 0 N–H and O–H groups in total. The number of nitrogens with zero attached hydrogens (tertiary/aromatic N) is 2. The second kappa shape index (κ2) is 8.04. The van der Waals surface area contributed by atoms with Crippen molar-refractivity contribution in [2.45, 2.75) is 24.9 Å². The fourth-order valence-electron chi connectivity index (χ4n) is 4.43. The summed E-state index contributed by atoms with van der Waals surface area (Å²) in [6.07, 6.45) is -5.65. The Hall–Kier alpha value is -3.65. The van der Waals surface area contributed by atoms with Gasteiger partial charge in [0.2, 0.25) is 5.91 Å². The zero-order chi connectivity index (χ0) is 23.2. The Balaban J connectivity index is 1.55. The SMILES string of the molecule is O=C1[C@@H]2[C@H](ON(c3ccccc3)[C@H]2c2cccc(C(F)(F)F)c2)C(=O)N1Cc1ccccc1. The van der Waals surface area contributed by atoms with Gasteiger partial charge in [-0.3, -0.25) is 19.3 Å². The molecule has 2 fully saturated rings. The van der Waals surface area contributed by atoms with E-state index in [0.29, 0.717) is 5.69 Å². The topological polar surface area (TPSA) is 49.9 Å². The molecule has 2 saturated heterocycles. The van der Waals surface area contributed by atoms with E-state index in [9.17, 15) is 22.8 Å². The van der Waals surface area contributed by atoms with Crippen LogP contribution in [-0.4, -0.2) is 22.8 Å². The Morgan fingerprint density at radius 2 is 1.48 bits per heavy atom. The number of amides is 2. The number of likely N-dealkylation sites (tertiary alicyclic amines) is 1. The normalized spacial score (nSPS) is 22.7. The molecule has 2 aliphatic rings. The summed E-state index contributed by atoms with van der Waals surface area (Å²) in [4.78, 5) is 33.7. The number of hydroxylamine groups is 1. The Morgan fingerprint density at radius 3 is 2.15 bits per heavy atom. The molecule has 0 unspecified atom stereocenters. The minimum atomic E-state index is -4.54. The van der Waals surface area contributed by atoms with Crippen molar-refractivity contribution < 1.29 is 27.6 Å². The number of imide groups is 1. The lowest BCUT2D eigenvalue weighted by Crippen LogP contribution is -2.37. The van der Waals surface area contributed by atoms with E-state index in [1.165, 1.54) is 17.2 Å². The molecule has 2 aliphatic heterocycles. The molecule has 8 heteroatoms. The Morgan fingerprint density at radius 1 is 0.818 bits per heavy atom. The predicted molar refractivity (Wildman–Crippen MR) is 113 cm³/mol. The van der Waals surface area contributed by atoms with Crippen LogP contribution in [0.25, 0.3) is 0 Å². The number of anilines is 1. The van der Waals surface area contributed by atoms with Crippen LogP contribution in [0.2, 0.25) is 0 Å². The summed E-state index contributed by atoms with van der Waals surface area (Å²) in [6, 6.07) is 21.7. The second-order valence-corrected chi connectivity index (χ2v) is 8.03. The number of halogens is 3. The zero-order valence-electron chi connectivity index (χ0n) is 17.3. The smallest absolute Gasteiger partial charge is 0.275 e. The maximum atomic E-state index is 13.4. The average molecular weight is 452 g/mol. The molecule has 3 aromatic carbocycles. The van der Waals surface area contributed by atoms with Gasteiger partial charge in [-0.15, -0.1) is 0 Å². The highest BCUT2D eigenvalue weighted by molar-refractivity contribution is 6.07. The molecule has 0 aromatic heterocycles. The number of benzene rings is 3. The summed E-state index contributed by atoms with van der Waals surface area (Å²) < 4.78 is 40.2. The summed E-state index contributed by atoms with van der Waals surface area (Å²) in [5.41, 5.74) is 0.748. The summed E-state index contributed by atoms with van der Waals surface area (Å²) in [5.74, 6) is -1.93. The van der Waals surface area contributed by atoms with E-state index in [-0.39, 0.29) is 12.1 Å². The van der Waals surface area contributed by atoms with E-state index < -0.39 is 41.6 Å². The molecule has 168 valence electrons. The Labute approximate surface area is 187 Å². The molecule has 2 heterocycles. The van der Waals surface area contributed by atoms with Crippen molar-refractivity contribution in [2.75, 3.05) is 5.06 Å². The molecule has 3 aromatic rings. The van der Waals surface area contributed by atoms with Crippen molar-refractivity contribution in [2.24, 2.45) is 5.92 Å². The summed E-state index contributed by atoms with van der Waals surface area (Å²) in [6.45, 7) is 0.0789. The molecule has 0 spiro atoms. The van der Waals surface area contributed by atoms with Crippen LogP contribution < -0.4 is 5.06 Å². The minimum absolute atomic E-state index is 0.0789. The number of carbonyl (C=O) groups is 2. The lowest BCUT2D eigenvalue weighted by atomic mass is 9.89. The van der Waals surface area contributed by atoms with E-state index in [1.54, 1.807) is 54.6 Å². The van der Waals surface area contributed by atoms with Crippen LogP contribution >= 0.6 is 0 Å². The summed E-state index contributed by atoms with van der Waals surface area (Å²) >= 11 is 0. The molecule has 5 rings (SSSR count). The standard InChI is InChI=1S/C25H19F3N2O3/c26-25(27,28)18-11-7-10-17(14-18)21-20-22(33-30(21)19-12-5-2-6-13-19)24(32)29(23(20)31)15-16-8-3-1-4-9-16/h1-14,20-22H,15H2/t20-,21-,22-/m0/s1. The number of alkyl halides is 3. The first-order chi connectivity index (χ1) is 15.8. The molecule has 5 nitrogen and oxygen atoms in total. The van der Waals surface area contributed by atoms with Gasteiger partial charge in [0.1, 0.15) is 5.92 Å². The monoisotopic (exact) mass is 452 g/mol. The van der Waals surface area contributed by atoms with Gasteiger partial charge in [-0.1, -0.05) is 60.7 Å². The molecule has 0 bridgehead atoms. The third-order valence-electron chi connectivity index (χ3n) is 5.96. The zero-order valence-corrected chi connectivity index (χ0v) is 17.3. The van der Waals surface area contributed by atoms with Crippen molar-refractivity contribution in [3.8, 4) is 0 Å². The van der Waals surface area contributed by atoms with Gasteiger partial charge in [0.05, 0.1) is 23.8 Å². The van der Waals surface area contributed by atoms with Gasteiger partial charge in [0, 0.05) is 0 Å². The lowest BCUT2D eigenvalue weighted by molar-refractivity contribution is -0.143. The molecule has 0 aliphatic carbocycles. The third kappa shape index (κ3) is 3.76. The quantitative estimate of drug-likeness (QED) is 0.536. The first-order valence-corrected chi connectivity index (χ1v) is 10.4. The van der Waals surface area contributed by atoms with E-state index in [0.717, 1.165) is 22.6 Å². The van der Waals surface area contributed by atoms with Gasteiger partial charge < -0.3 is 0 Å². The highest BCUT2D eigenvalue weighted by Gasteiger charge is 2.59. The van der Waals surface area contributed by atoms with Crippen LogP contribution in [0.3, 0.4) is 0 Å². The molecule has 0 radical (unpaired) electrons. The first-order valence-electron chi connectivity index (χ1n) is 10.4. The minimum Gasteiger partial charge on any atom is -0.275 e. The van der Waals surface area contributed by atoms with Crippen LogP contribution in [0.1, 0.15) is 22.7 Å². The van der Waals surface area contributed by atoms with Crippen LogP contribution in [0.4, 0.5) is 18.9 Å². The van der Waals surface area contributed by atoms with E-state index >= 15 is 0 Å². The third-order valence-corrected chi connectivity index (χ3v) is 5.96. The van der Waals surface area contributed by atoms with Crippen molar-refractivity contribution in [1.29, 1.82) is 0 Å². The van der Waals surface area contributed by atoms with Gasteiger partial charge in [-0.05, 0) is 35.4 Å². The Kier molecular flexibility index (Phi) is 5.17. The van der Waals surface area contributed by atoms with Crippen LogP contribution in [0.5, 0.6) is 0 Å². The van der Waals surface area contributed by atoms with E-state index in [2.05, 4.69) is 0 Å². The number of rotatable bonds is 4. The van der Waals surface area contributed by atoms with Gasteiger partial charge in [-0.2, -0.15) is 13.2 Å². The van der Waals surface area contributed by atoms with E-state index in [4.69, 9.17) is 4.84 Å². The number of hydrogen-bond donors (Lipinski definition) is 0. The maximum absolute atomic E-state index is 13.4. The number of para-hydroxylation sites is 1. The fraction of sp³-hybridized carbons (Fsp3) is 0.200. The number of carbonyl (C=O) groups excluding carboxylic acids is 2. The molecule has 0 saturated carbocycles. The molecule has 33 heavy (non-hydrogen) atoms. The van der Waals surface area contributed by atoms with Gasteiger partial charge in [0.15, 0.2) is 6.10 Å². The molecular formula is C25H19F3N2O3.